The van der Waals surface area contributed by atoms with Crippen LogP contribution in [0.25, 0.3) is 0 Å². The van der Waals surface area contributed by atoms with Crippen LogP contribution in [0.5, 0.6) is 5.75 Å². The molecule has 1 N–H and O–H groups in total. The van der Waals surface area contributed by atoms with Gasteiger partial charge < -0.3 is 14.6 Å². The summed E-state index contributed by atoms with van der Waals surface area (Å²) in [6, 6.07) is 8.98. The Morgan fingerprint density at radius 2 is 2.12 bits per heavy atom. The lowest BCUT2D eigenvalue weighted by Crippen LogP contribution is -2.49. The minimum absolute atomic E-state index is 0. The maximum Gasteiger partial charge on any atom is 0.123 e. The summed E-state index contributed by atoms with van der Waals surface area (Å²) in [5.41, 5.74) is 1.28. The zero-order valence-electron chi connectivity index (χ0n) is 14.6. The highest BCUT2D eigenvalue weighted by Gasteiger charge is 2.19. The fourth-order valence-electron chi connectivity index (χ4n) is 2.96. The highest BCUT2D eigenvalue weighted by Crippen LogP contribution is 2.21. The molecule has 0 amide bonds. The van der Waals surface area contributed by atoms with Gasteiger partial charge in [-0.05, 0) is 19.4 Å². The van der Waals surface area contributed by atoms with Gasteiger partial charge in [0.2, 0.25) is 0 Å². The number of rotatable bonds is 7. The van der Waals surface area contributed by atoms with Crippen LogP contribution in [0.3, 0.4) is 0 Å². The summed E-state index contributed by atoms with van der Waals surface area (Å²) in [6.45, 7) is 8.13. The molecule has 3 rings (SSSR count). The van der Waals surface area contributed by atoms with Gasteiger partial charge >= 0.3 is 0 Å². The molecule has 0 spiro atoms. The molecule has 1 saturated heterocycles. The van der Waals surface area contributed by atoms with Crippen molar-refractivity contribution in [2.45, 2.75) is 32.5 Å². The van der Waals surface area contributed by atoms with E-state index in [4.69, 9.17) is 4.74 Å². The van der Waals surface area contributed by atoms with Crippen molar-refractivity contribution >= 4 is 24.8 Å². The van der Waals surface area contributed by atoms with Gasteiger partial charge in [-0.3, -0.25) is 4.90 Å². The zero-order valence-corrected chi connectivity index (χ0v) is 16.3. The standard InChI is InChI=1S/C18H26N4O.2ClH/c1-16-13-19-8-11-22(16)14-17-5-2-3-6-18(17)23-12-4-9-21-10-7-20-15-21;;/h2-3,5-7,10,15-16,19H,4,8-9,11-14H2,1H3;2*1H/t16-;;/m1../s1. The van der Waals surface area contributed by atoms with Crippen LogP contribution in [-0.4, -0.2) is 46.7 Å². The summed E-state index contributed by atoms with van der Waals surface area (Å²) in [5, 5.41) is 3.44. The highest BCUT2D eigenvalue weighted by molar-refractivity contribution is 5.85. The summed E-state index contributed by atoms with van der Waals surface area (Å²) in [6.07, 6.45) is 6.62. The van der Waals surface area contributed by atoms with Gasteiger partial charge in [0.1, 0.15) is 5.75 Å². The number of imidazole rings is 1. The SMILES string of the molecule is C[C@@H]1CNCCN1Cc1ccccc1OCCCn1ccnc1.Cl.Cl. The van der Waals surface area contributed by atoms with Crippen molar-refractivity contribution in [1.82, 2.24) is 19.8 Å². The van der Waals surface area contributed by atoms with Crippen molar-refractivity contribution in [3.8, 4) is 5.75 Å². The molecule has 7 heteroatoms. The van der Waals surface area contributed by atoms with Crippen molar-refractivity contribution in [3.63, 3.8) is 0 Å². The molecule has 5 nitrogen and oxygen atoms in total. The Balaban J connectivity index is 0.00000156. The van der Waals surface area contributed by atoms with Gasteiger partial charge in [0.25, 0.3) is 0 Å². The third-order valence-electron chi connectivity index (χ3n) is 4.36. The van der Waals surface area contributed by atoms with Crippen LogP contribution in [0, 0.1) is 0 Å². The highest BCUT2D eigenvalue weighted by atomic mass is 35.5. The summed E-state index contributed by atoms with van der Waals surface area (Å²) in [7, 11) is 0. The number of halogens is 2. The molecule has 2 heterocycles. The number of aryl methyl sites for hydroxylation is 1. The van der Waals surface area contributed by atoms with Gasteiger partial charge in [-0.25, -0.2) is 4.98 Å². The summed E-state index contributed by atoms with van der Waals surface area (Å²) >= 11 is 0. The summed E-state index contributed by atoms with van der Waals surface area (Å²) in [5.74, 6) is 1.02. The molecule has 2 aromatic rings. The van der Waals surface area contributed by atoms with E-state index in [1.165, 1.54) is 5.56 Å². The third kappa shape index (κ3) is 6.51. The van der Waals surface area contributed by atoms with Crippen molar-refractivity contribution in [3.05, 3.63) is 48.5 Å². The van der Waals surface area contributed by atoms with E-state index in [1.54, 1.807) is 0 Å². The van der Waals surface area contributed by atoms with Crippen LogP contribution >= 0.6 is 24.8 Å². The van der Waals surface area contributed by atoms with E-state index in [0.717, 1.165) is 51.5 Å². The number of piperazine rings is 1. The van der Waals surface area contributed by atoms with Gasteiger partial charge in [-0.15, -0.1) is 24.8 Å². The monoisotopic (exact) mass is 386 g/mol. The maximum absolute atomic E-state index is 6.04. The Bertz CT molecular complexity index is 595. The Kier molecular flexibility index (Phi) is 9.90. The van der Waals surface area contributed by atoms with E-state index < -0.39 is 0 Å². The zero-order chi connectivity index (χ0) is 15.9. The molecule has 0 saturated carbocycles. The maximum atomic E-state index is 6.04. The molecule has 25 heavy (non-hydrogen) atoms. The van der Waals surface area contributed by atoms with E-state index in [0.29, 0.717) is 6.04 Å². The van der Waals surface area contributed by atoms with E-state index in [2.05, 4.69) is 51.0 Å². The van der Waals surface area contributed by atoms with Crippen molar-refractivity contribution in [1.29, 1.82) is 0 Å². The third-order valence-corrected chi connectivity index (χ3v) is 4.36. The van der Waals surface area contributed by atoms with Crippen LogP contribution in [-0.2, 0) is 13.1 Å². The fourth-order valence-corrected chi connectivity index (χ4v) is 2.96. The Hall–Kier alpha value is -1.27. The second kappa shape index (κ2) is 11.4. The normalized spacial score (nSPS) is 17.4. The Morgan fingerprint density at radius 1 is 1.28 bits per heavy atom. The number of benzene rings is 1. The molecule has 1 aromatic heterocycles. The first kappa shape index (κ1) is 21.8. The van der Waals surface area contributed by atoms with Crippen molar-refractivity contribution in [2.75, 3.05) is 26.2 Å². The summed E-state index contributed by atoms with van der Waals surface area (Å²) in [4.78, 5) is 6.57. The van der Waals surface area contributed by atoms with Crippen LogP contribution in [0.4, 0.5) is 0 Å². The van der Waals surface area contributed by atoms with E-state index >= 15 is 0 Å². The summed E-state index contributed by atoms with van der Waals surface area (Å²) < 4.78 is 8.12. The molecule has 0 radical (unpaired) electrons. The second-order valence-electron chi connectivity index (χ2n) is 6.13. The van der Waals surface area contributed by atoms with Crippen molar-refractivity contribution in [2.24, 2.45) is 0 Å². The average molecular weight is 387 g/mol. The van der Waals surface area contributed by atoms with E-state index in [-0.39, 0.29) is 24.8 Å². The van der Waals surface area contributed by atoms with Gasteiger partial charge in [0, 0.05) is 56.7 Å². The number of nitrogens with one attached hydrogen (secondary N) is 1. The molecule has 140 valence electrons. The predicted octanol–water partition coefficient (Wildman–Crippen LogP) is 2.99. The molecular formula is C18H28Cl2N4O. The predicted molar refractivity (Wildman–Crippen MR) is 106 cm³/mol. The Morgan fingerprint density at radius 3 is 2.88 bits per heavy atom. The molecule has 1 fully saturated rings. The first-order valence-electron chi connectivity index (χ1n) is 8.44. The smallest absolute Gasteiger partial charge is 0.123 e. The fraction of sp³-hybridized carbons (Fsp3) is 0.500. The van der Waals surface area contributed by atoms with Gasteiger partial charge in [-0.2, -0.15) is 0 Å². The molecule has 1 aliphatic heterocycles. The minimum atomic E-state index is 0. The number of nitrogens with zero attached hydrogens (tertiary/aromatic N) is 3. The minimum Gasteiger partial charge on any atom is -0.493 e. The largest absolute Gasteiger partial charge is 0.493 e. The molecule has 0 unspecified atom stereocenters. The number of hydrogen-bond acceptors (Lipinski definition) is 4. The van der Waals surface area contributed by atoms with Crippen LogP contribution in [0.2, 0.25) is 0 Å². The molecule has 1 atom stereocenters. The van der Waals surface area contributed by atoms with Crippen molar-refractivity contribution < 1.29 is 4.74 Å². The number of para-hydroxylation sites is 1. The Labute approximate surface area is 162 Å². The lowest BCUT2D eigenvalue weighted by molar-refractivity contribution is 0.163. The van der Waals surface area contributed by atoms with E-state index in [9.17, 15) is 0 Å². The van der Waals surface area contributed by atoms with E-state index in [1.807, 2.05) is 18.7 Å². The van der Waals surface area contributed by atoms with Gasteiger partial charge in [-0.1, -0.05) is 18.2 Å². The van der Waals surface area contributed by atoms with Crippen LogP contribution < -0.4 is 10.1 Å². The lowest BCUT2D eigenvalue weighted by atomic mass is 10.1. The second-order valence-corrected chi connectivity index (χ2v) is 6.13. The number of hydrogen-bond donors (Lipinski definition) is 1. The number of ether oxygens (including phenoxy) is 1. The van der Waals surface area contributed by atoms with Crippen LogP contribution in [0.1, 0.15) is 18.9 Å². The van der Waals surface area contributed by atoms with Gasteiger partial charge in [0.05, 0.1) is 12.9 Å². The molecule has 0 bridgehead atoms. The topological polar surface area (TPSA) is 42.3 Å². The molecule has 1 aliphatic rings. The van der Waals surface area contributed by atoms with Crippen LogP contribution in [0.15, 0.2) is 43.0 Å². The lowest BCUT2D eigenvalue weighted by Gasteiger charge is -2.34. The molecule has 0 aliphatic carbocycles. The first-order valence-corrected chi connectivity index (χ1v) is 8.44. The quantitative estimate of drug-likeness (QED) is 0.742. The first-order chi connectivity index (χ1) is 11.3. The average Bonchev–Trinajstić information content (AvgIpc) is 3.08. The molecule has 1 aromatic carbocycles. The number of aromatic nitrogens is 2. The molecular weight excluding hydrogens is 359 g/mol. The van der Waals surface area contributed by atoms with Gasteiger partial charge in [0.15, 0.2) is 0 Å².